The average Bonchev–Trinajstić information content (AvgIpc) is 2.28. The predicted molar refractivity (Wildman–Crippen MR) is 75.6 cm³/mol. The number of unbranched alkanes of at least 4 members (excludes halogenated alkanes) is 2. The lowest BCUT2D eigenvalue weighted by Gasteiger charge is -2.08. The van der Waals surface area contributed by atoms with E-state index in [0.29, 0.717) is 4.90 Å². The van der Waals surface area contributed by atoms with Crippen LogP contribution >= 0.6 is 15.9 Å². The molecule has 0 heterocycles. The number of sulfone groups is 1. The largest absolute Gasteiger partial charge is 0.224 e. The van der Waals surface area contributed by atoms with Crippen molar-refractivity contribution in [2.45, 2.75) is 38.0 Å². The molecule has 0 aliphatic rings. The van der Waals surface area contributed by atoms with Crippen molar-refractivity contribution in [3.05, 3.63) is 29.3 Å². The Morgan fingerprint density at radius 1 is 1.12 bits per heavy atom. The van der Waals surface area contributed by atoms with Gasteiger partial charge in [0.05, 0.1) is 10.6 Å². The highest BCUT2D eigenvalue weighted by Crippen LogP contribution is 2.19. The molecule has 0 aliphatic carbocycles. The van der Waals surface area contributed by atoms with Crippen molar-refractivity contribution in [1.82, 2.24) is 0 Å². The molecule has 0 atom stereocenters. The van der Waals surface area contributed by atoms with Crippen LogP contribution in [0.25, 0.3) is 0 Å². The van der Waals surface area contributed by atoms with Crippen LogP contribution in [0.1, 0.15) is 30.4 Å². The SMILES string of the molecule is Cc1ccc(C)c(S(=O)(=O)CCCCCBr)c1. The lowest BCUT2D eigenvalue weighted by atomic mass is 10.2. The van der Waals surface area contributed by atoms with E-state index in [1.165, 1.54) is 0 Å². The Bertz CT molecular complexity index is 466. The van der Waals surface area contributed by atoms with Gasteiger partial charge in [-0.25, -0.2) is 8.42 Å². The molecule has 0 N–H and O–H groups in total. The third-order valence-corrected chi connectivity index (χ3v) is 5.22. The Labute approximate surface area is 112 Å². The first-order chi connectivity index (χ1) is 7.97. The average molecular weight is 319 g/mol. The van der Waals surface area contributed by atoms with Crippen LogP contribution < -0.4 is 0 Å². The number of benzene rings is 1. The van der Waals surface area contributed by atoms with Gasteiger partial charge in [0, 0.05) is 5.33 Å². The number of hydrogen-bond donors (Lipinski definition) is 0. The summed E-state index contributed by atoms with van der Waals surface area (Å²) < 4.78 is 24.3. The summed E-state index contributed by atoms with van der Waals surface area (Å²) in [4.78, 5) is 0.497. The van der Waals surface area contributed by atoms with Gasteiger partial charge in [0.25, 0.3) is 0 Å². The van der Waals surface area contributed by atoms with E-state index < -0.39 is 9.84 Å². The van der Waals surface area contributed by atoms with Gasteiger partial charge >= 0.3 is 0 Å². The van der Waals surface area contributed by atoms with Crippen molar-refractivity contribution in [2.75, 3.05) is 11.1 Å². The number of halogens is 1. The van der Waals surface area contributed by atoms with Crippen molar-refractivity contribution >= 4 is 25.8 Å². The smallest absolute Gasteiger partial charge is 0.178 e. The van der Waals surface area contributed by atoms with Gasteiger partial charge in [0.2, 0.25) is 0 Å². The first-order valence-corrected chi connectivity index (χ1v) is 8.61. The van der Waals surface area contributed by atoms with Crippen LogP contribution in [0.5, 0.6) is 0 Å². The molecule has 0 saturated carbocycles. The first-order valence-electron chi connectivity index (χ1n) is 5.83. The van der Waals surface area contributed by atoms with Crippen LogP contribution in [0.3, 0.4) is 0 Å². The second-order valence-electron chi connectivity index (χ2n) is 4.34. The third-order valence-electron chi connectivity index (χ3n) is 2.73. The van der Waals surface area contributed by atoms with E-state index in [9.17, 15) is 8.42 Å². The van der Waals surface area contributed by atoms with Crippen LogP contribution in [0.2, 0.25) is 0 Å². The molecular weight excluding hydrogens is 300 g/mol. The van der Waals surface area contributed by atoms with E-state index >= 15 is 0 Å². The maximum Gasteiger partial charge on any atom is 0.178 e. The maximum absolute atomic E-state index is 12.2. The van der Waals surface area contributed by atoms with Crippen molar-refractivity contribution < 1.29 is 8.42 Å². The summed E-state index contributed by atoms with van der Waals surface area (Å²) in [6.45, 7) is 3.77. The normalized spacial score (nSPS) is 11.7. The van der Waals surface area contributed by atoms with Gasteiger partial charge in [-0.2, -0.15) is 0 Å². The molecule has 1 rings (SSSR count). The van der Waals surface area contributed by atoms with E-state index in [2.05, 4.69) is 15.9 Å². The minimum Gasteiger partial charge on any atom is -0.224 e. The molecule has 0 aromatic heterocycles. The molecular formula is C13H19BrO2S. The fraction of sp³-hybridized carbons (Fsp3) is 0.538. The zero-order chi connectivity index (χ0) is 12.9. The molecule has 17 heavy (non-hydrogen) atoms. The molecule has 4 heteroatoms. The van der Waals surface area contributed by atoms with Crippen molar-refractivity contribution in [3.63, 3.8) is 0 Å². The van der Waals surface area contributed by atoms with Gasteiger partial charge in [-0.1, -0.05) is 34.5 Å². The molecule has 1 aromatic rings. The Kier molecular flexibility index (Phi) is 5.67. The maximum atomic E-state index is 12.2. The van der Waals surface area contributed by atoms with E-state index in [-0.39, 0.29) is 5.75 Å². The highest BCUT2D eigenvalue weighted by Gasteiger charge is 2.16. The van der Waals surface area contributed by atoms with Gasteiger partial charge in [-0.05, 0) is 43.9 Å². The minimum absolute atomic E-state index is 0.254. The predicted octanol–water partition coefficient (Wildman–Crippen LogP) is 3.64. The molecule has 0 aliphatic heterocycles. The van der Waals surface area contributed by atoms with Crippen molar-refractivity contribution in [2.24, 2.45) is 0 Å². The molecule has 0 unspecified atom stereocenters. The van der Waals surface area contributed by atoms with Gasteiger partial charge < -0.3 is 0 Å². The fourth-order valence-electron chi connectivity index (χ4n) is 1.72. The quantitative estimate of drug-likeness (QED) is 0.592. The lowest BCUT2D eigenvalue weighted by molar-refractivity contribution is 0.590. The molecule has 0 radical (unpaired) electrons. The van der Waals surface area contributed by atoms with Gasteiger partial charge in [-0.3, -0.25) is 0 Å². The summed E-state index contributed by atoms with van der Waals surface area (Å²) >= 11 is 3.35. The molecule has 2 nitrogen and oxygen atoms in total. The summed E-state index contributed by atoms with van der Waals surface area (Å²) in [5, 5.41) is 0.941. The van der Waals surface area contributed by atoms with Crippen LogP contribution in [0.15, 0.2) is 23.1 Å². The van der Waals surface area contributed by atoms with E-state index in [4.69, 9.17) is 0 Å². The lowest BCUT2D eigenvalue weighted by Crippen LogP contribution is -2.09. The first kappa shape index (κ1) is 14.7. The summed E-state index contributed by atoms with van der Waals surface area (Å²) in [5.74, 6) is 0.254. The third kappa shape index (κ3) is 4.43. The molecule has 0 amide bonds. The van der Waals surface area contributed by atoms with Crippen LogP contribution in [0, 0.1) is 13.8 Å². The standard InChI is InChI=1S/C13H19BrO2S/c1-11-6-7-12(2)13(10-11)17(15,16)9-5-3-4-8-14/h6-7,10H,3-5,8-9H2,1-2H3. The van der Waals surface area contributed by atoms with E-state index in [1.807, 2.05) is 26.0 Å². The minimum atomic E-state index is -3.11. The Morgan fingerprint density at radius 3 is 2.47 bits per heavy atom. The molecule has 1 aromatic carbocycles. The van der Waals surface area contributed by atoms with Crippen LogP contribution in [-0.2, 0) is 9.84 Å². The summed E-state index contributed by atoms with van der Waals surface area (Å²) in [5.41, 5.74) is 1.84. The Morgan fingerprint density at radius 2 is 1.82 bits per heavy atom. The second-order valence-corrected chi connectivity index (χ2v) is 7.21. The highest BCUT2D eigenvalue weighted by molar-refractivity contribution is 9.09. The van der Waals surface area contributed by atoms with E-state index in [1.54, 1.807) is 6.07 Å². The zero-order valence-corrected chi connectivity index (χ0v) is 12.8. The Balaban J connectivity index is 2.79. The molecule has 96 valence electrons. The number of alkyl halides is 1. The van der Waals surface area contributed by atoms with Crippen LogP contribution in [-0.4, -0.2) is 19.5 Å². The molecule has 0 fully saturated rings. The number of rotatable bonds is 6. The fourth-order valence-corrected chi connectivity index (χ4v) is 3.84. The number of hydrogen-bond acceptors (Lipinski definition) is 2. The molecule has 0 saturated heterocycles. The van der Waals surface area contributed by atoms with Crippen LogP contribution in [0.4, 0.5) is 0 Å². The van der Waals surface area contributed by atoms with Gasteiger partial charge in [0.1, 0.15) is 0 Å². The van der Waals surface area contributed by atoms with E-state index in [0.717, 1.165) is 35.7 Å². The zero-order valence-electron chi connectivity index (χ0n) is 10.4. The summed E-state index contributed by atoms with van der Waals surface area (Å²) in [7, 11) is -3.11. The molecule has 0 bridgehead atoms. The number of aryl methyl sites for hydroxylation is 2. The summed E-state index contributed by atoms with van der Waals surface area (Å²) in [6, 6.07) is 5.59. The topological polar surface area (TPSA) is 34.1 Å². The van der Waals surface area contributed by atoms with Gasteiger partial charge in [0.15, 0.2) is 9.84 Å². The molecule has 0 spiro atoms. The highest BCUT2D eigenvalue weighted by atomic mass is 79.9. The monoisotopic (exact) mass is 318 g/mol. The van der Waals surface area contributed by atoms with Crippen molar-refractivity contribution in [1.29, 1.82) is 0 Å². The Hall–Kier alpha value is -0.350. The van der Waals surface area contributed by atoms with Crippen molar-refractivity contribution in [3.8, 4) is 0 Å². The summed E-state index contributed by atoms with van der Waals surface area (Å²) in [6.07, 6.45) is 2.72. The van der Waals surface area contributed by atoms with Gasteiger partial charge in [-0.15, -0.1) is 0 Å². The second kappa shape index (κ2) is 6.55.